The van der Waals surface area contributed by atoms with Crippen LogP contribution >= 0.6 is 0 Å². The summed E-state index contributed by atoms with van der Waals surface area (Å²) in [6.45, 7) is 4.03. The standard InChI is InChI=1S/C19H21N3O2S/c1-15-5-6-16(2)19(13-15)25(23,24)21(3)14-17-7-9-18(10-8-17)22-12-4-11-20-22/h4-13H,14H2,1-3H3. The van der Waals surface area contributed by atoms with E-state index in [1.807, 2.05) is 62.5 Å². The van der Waals surface area contributed by atoms with E-state index in [9.17, 15) is 8.42 Å². The van der Waals surface area contributed by atoms with Crippen LogP contribution in [0.5, 0.6) is 0 Å². The average Bonchev–Trinajstić information content (AvgIpc) is 3.12. The molecule has 0 spiro atoms. The Balaban J connectivity index is 1.81. The van der Waals surface area contributed by atoms with Crippen LogP contribution in [0.15, 0.2) is 65.8 Å². The molecule has 25 heavy (non-hydrogen) atoms. The number of nitrogens with zero attached hydrogens (tertiary/aromatic N) is 3. The lowest BCUT2D eigenvalue weighted by molar-refractivity contribution is 0.466. The highest BCUT2D eigenvalue weighted by atomic mass is 32.2. The van der Waals surface area contributed by atoms with E-state index in [1.165, 1.54) is 4.31 Å². The Morgan fingerprint density at radius 2 is 1.80 bits per heavy atom. The number of hydrogen-bond donors (Lipinski definition) is 0. The van der Waals surface area contributed by atoms with Crippen LogP contribution < -0.4 is 0 Å². The van der Waals surface area contributed by atoms with Gasteiger partial charge in [0.25, 0.3) is 0 Å². The molecule has 130 valence electrons. The van der Waals surface area contributed by atoms with Gasteiger partial charge < -0.3 is 0 Å². The third-order valence-corrected chi connectivity index (χ3v) is 6.09. The molecule has 5 nitrogen and oxygen atoms in total. The normalized spacial score (nSPS) is 11.8. The van der Waals surface area contributed by atoms with Crippen molar-refractivity contribution in [2.75, 3.05) is 7.05 Å². The maximum absolute atomic E-state index is 12.9. The van der Waals surface area contributed by atoms with Crippen LogP contribution in [0.3, 0.4) is 0 Å². The first-order valence-electron chi connectivity index (χ1n) is 8.00. The lowest BCUT2D eigenvalue weighted by Crippen LogP contribution is -2.27. The van der Waals surface area contributed by atoms with Gasteiger partial charge in [-0.3, -0.25) is 0 Å². The van der Waals surface area contributed by atoms with Crippen molar-refractivity contribution in [3.05, 3.63) is 77.6 Å². The molecule has 0 aliphatic heterocycles. The van der Waals surface area contributed by atoms with Crippen molar-refractivity contribution in [2.45, 2.75) is 25.3 Å². The van der Waals surface area contributed by atoms with E-state index >= 15 is 0 Å². The highest BCUT2D eigenvalue weighted by Crippen LogP contribution is 2.22. The summed E-state index contributed by atoms with van der Waals surface area (Å²) in [5, 5.41) is 4.18. The summed E-state index contributed by atoms with van der Waals surface area (Å²) in [7, 11) is -1.92. The van der Waals surface area contributed by atoms with Crippen molar-refractivity contribution in [1.82, 2.24) is 14.1 Å². The maximum atomic E-state index is 12.9. The monoisotopic (exact) mass is 355 g/mol. The van der Waals surface area contributed by atoms with Gasteiger partial charge in [0.15, 0.2) is 0 Å². The molecule has 1 aromatic heterocycles. The van der Waals surface area contributed by atoms with Crippen LogP contribution in [0.1, 0.15) is 16.7 Å². The van der Waals surface area contributed by atoms with Gasteiger partial charge in [0.1, 0.15) is 0 Å². The highest BCUT2D eigenvalue weighted by molar-refractivity contribution is 7.89. The second-order valence-corrected chi connectivity index (χ2v) is 8.16. The maximum Gasteiger partial charge on any atom is 0.243 e. The van der Waals surface area contributed by atoms with Gasteiger partial charge in [0.2, 0.25) is 10.0 Å². The lowest BCUT2D eigenvalue weighted by Gasteiger charge is -2.19. The fraction of sp³-hybridized carbons (Fsp3) is 0.211. The van der Waals surface area contributed by atoms with Crippen LogP contribution in [0.2, 0.25) is 0 Å². The van der Waals surface area contributed by atoms with Crippen molar-refractivity contribution in [3.63, 3.8) is 0 Å². The smallest absolute Gasteiger partial charge is 0.241 e. The lowest BCUT2D eigenvalue weighted by atomic mass is 10.2. The molecule has 0 unspecified atom stereocenters. The number of sulfonamides is 1. The van der Waals surface area contributed by atoms with Crippen LogP contribution in [0, 0.1) is 13.8 Å². The largest absolute Gasteiger partial charge is 0.243 e. The van der Waals surface area contributed by atoms with Crippen LogP contribution in [-0.4, -0.2) is 29.6 Å². The molecule has 0 atom stereocenters. The Bertz CT molecular complexity index is 962. The fourth-order valence-corrected chi connectivity index (χ4v) is 4.14. The molecular weight excluding hydrogens is 334 g/mol. The summed E-state index contributed by atoms with van der Waals surface area (Å²) >= 11 is 0. The first kappa shape index (κ1) is 17.4. The molecule has 3 aromatic rings. The molecule has 0 saturated heterocycles. The zero-order valence-electron chi connectivity index (χ0n) is 14.5. The molecule has 0 radical (unpaired) electrons. The Morgan fingerprint density at radius 1 is 1.08 bits per heavy atom. The molecule has 0 bridgehead atoms. The third kappa shape index (κ3) is 3.65. The minimum Gasteiger partial charge on any atom is -0.241 e. The average molecular weight is 355 g/mol. The number of benzene rings is 2. The van der Waals surface area contributed by atoms with Gasteiger partial charge in [0, 0.05) is 26.0 Å². The van der Waals surface area contributed by atoms with Crippen molar-refractivity contribution >= 4 is 10.0 Å². The summed E-state index contributed by atoms with van der Waals surface area (Å²) in [6, 6.07) is 15.1. The predicted molar refractivity (Wildman–Crippen MR) is 98.1 cm³/mol. The summed E-state index contributed by atoms with van der Waals surface area (Å²) in [4.78, 5) is 0.364. The molecule has 1 heterocycles. The van der Waals surface area contributed by atoms with Crippen LogP contribution in [-0.2, 0) is 16.6 Å². The van der Waals surface area contributed by atoms with Crippen molar-refractivity contribution in [3.8, 4) is 5.69 Å². The molecule has 0 fully saturated rings. The molecule has 0 aliphatic carbocycles. The number of aromatic nitrogens is 2. The summed E-state index contributed by atoms with van der Waals surface area (Å²) in [5.41, 5.74) is 3.55. The number of aryl methyl sites for hydroxylation is 2. The molecular formula is C19H21N3O2S. The van der Waals surface area contributed by atoms with E-state index < -0.39 is 10.0 Å². The zero-order valence-corrected chi connectivity index (χ0v) is 15.4. The van der Waals surface area contributed by atoms with Gasteiger partial charge in [-0.15, -0.1) is 0 Å². The van der Waals surface area contributed by atoms with Gasteiger partial charge in [-0.1, -0.05) is 24.3 Å². The van der Waals surface area contributed by atoms with E-state index in [1.54, 1.807) is 24.0 Å². The van der Waals surface area contributed by atoms with Crippen molar-refractivity contribution in [2.24, 2.45) is 0 Å². The van der Waals surface area contributed by atoms with E-state index in [-0.39, 0.29) is 0 Å². The number of hydrogen-bond acceptors (Lipinski definition) is 3. The second kappa shape index (κ2) is 6.82. The molecule has 0 amide bonds. The Labute approximate surface area is 148 Å². The molecule has 3 rings (SSSR count). The first-order valence-corrected chi connectivity index (χ1v) is 9.44. The van der Waals surface area contributed by atoms with Gasteiger partial charge in [0.05, 0.1) is 10.6 Å². The highest BCUT2D eigenvalue weighted by Gasteiger charge is 2.23. The minimum atomic E-state index is -3.53. The molecule has 2 aromatic carbocycles. The van der Waals surface area contributed by atoms with E-state index in [4.69, 9.17) is 0 Å². The SMILES string of the molecule is Cc1ccc(C)c(S(=O)(=O)N(C)Cc2ccc(-n3cccn3)cc2)c1. The van der Waals surface area contributed by atoms with E-state index in [2.05, 4.69) is 5.10 Å². The van der Waals surface area contributed by atoms with E-state index in [0.29, 0.717) is 11.4 Å². The molecule has 0 aliphatic rings. The zero-order chi connectivity index (χ0) is 18.0. The third-order valence-electron chi connectivity index (χ3n) is 4.14. The van der Waals surface area contributed by atoms with Crippen LogP contribution in [0.4, 0.5) is 0 Å². The van der Waals surface area contributed by atoms with E-state index in [0.717, 1.165) is 22.4 Å². The van der Waals surface area contributed by atoms with Crippen molar-refractivity contribution < 1.29 is 8.42 Å². The number of rotatable bonds is 5. The molecule has 6 heteroatoms. The van der Waals surface area contributed by atoms with Gasteiger partial charge >= 0.3 is 0 Å². The quantitative estimate of drug-likeness (QED) is 0.705. The molecule has 0 N–H and O–H groups in total. The van der Waals surface area contributed by atoms with Crippen molar-refractivity contribution in [1.29, 1.82) is 0 Å². The van der Waals surface area contributed by atoms with Crippen LogP contribution in [0.25, 0.3) is 5.69 Å². The van der Waals surface area contributed by atoms with Gasteiger partial charge in [-0.05, 0) is 54.8 Å². The fourth-order valence-electron chi connectivity index (χ4n) is 2.67. The summed E-state index contributed by atoms with van der Waals surface area (Å²) < 4.78 is 28.9. The second-order valence-electron chi connectivity index (χ2n) is 6.15. The predicted octanol–water partition coefficient (Wildman–Crippen LogP) is 3.31. The topological polar surface area (TPSA) is 55.2 Å². The Morgan fingerprint density at radius 3 is 2.44 bits per heavy atom. The summed E-state index contributed by atoms with van der Waals surface area (Å²) in [5.74, 6) is 0. The Hall–Kier alpha value is -2.44. The summed E-state index contributed by atoms with van der Waals surface area (Å²) in [6.07, 6.45) is 3.59. The first-order chi connectivity index (χ1) is 11.9. The minimum absolute atomic E-state index is 0.315. The molecule has 0 saturated carbocycles. The van der Waals surface area contributed by atoms with Gasteiger partial charge in [-0.25, -0.2) is 13.1 Å². The Kier molecular flexibility index (Phi) is 4.74. The van der Waals surface area contributed by atoms with Gasteiger partial charge in [-0.2, -0.15) is 9.40 Å².